The molecule has 2 nitrogen and oxygen atoms in total. The van der Waals surface area contributed by atoms with Crippen molar-refractivity contribution < 1.29 is 0 Å². The first-order chi connectivity index (χ1) is 27.8. The Kier molecular flexibility index (Phi) is 8.70. The van der Waals surface area contributed by atoms with Gasteiger partial charge in [-0.1, -0.05) is 164 Å². The fourth-order valence-electron chi connectivity index (χ4n) is 8.26. The van der Waals surface area contributed by atoms with E-state index in [0.29, 0.717) is 0 Å². The molecule has 0 saturated carbocycles. The Labute approximate surface area is 328 Å². The number of nitrogens with zero attached hydrogens (tertiary/aromatic N) is 2. The van der Waals surface area contributed by atoms with Gasteiger partial charge in [0.1, 0.15) is 0 Å². The molecule has 1 aliphatic carbocycles. The van der Waals surface area contributed by atoms with Crippen LogP contribution in [0.15, 0.2) is 218 Å². The Bertz CT molecular complexity index is 2790. The molecule has 0 atom stereocenters. The summed E-state index contributed by atoms with van der Waals surface area (Å²) in [5, 5.41) is 2.58. The van der Waals surface area contributed by atoms with Crippen molar-refractivity contribution in [3.8, 4) is 33.4 Å². The molecule has 8 aromatic carbocycles. The number of allylic oxidation sites excluding steroid dienone is 4. The molecule has 1 aromatic heterocycles. The third-order valence-corrected chi connectivity index (χ3v) is 11.1. The molecule has 2 heteroatoms. The summed E-state index contributed by atoms with van der Waals surface area (Å²) in [4.78, 5) is 2.36. The summed E-state index contributed by atoms with van der Waals surface area (Å²) in [6.45, 7) is 0. The first-order valence-corrected chi connectivity index (χ1v) is 19.5. The zero-order chi connectivity index (χ0) is 37.3. The maximum Gasteiger partial charge on any atom is 0.0540 e. The van der Waals surface area contributed by atoms with Crippen LogP contribution in [0, 0.1) is 0 Å². The molecule has 10 rings (SSSR count). The van der Waals surface area contributed by atoms with E-state index in [0.717, 1.165) is 29.9 Å². The van der Waals surface area contributed by atoms with Crippen molar-refractivity contribution in [1.82, 2.24) is 4.57 Å². The van der Waals surface area contributed by atoms with E-state index in [9.17, 15) is 0 Å². The van der Waals surface area contributed by atoms with Gasteiger partial charge >= 0.3 is 0 Å². The Morgan fingerprint density at radius 2 is 0.696 bits per heavy atom. The van der Waals surface area contributed by atoms with Gasteiger partial charge in [0.05, 0.1) is 11.0 Å². The Morgan fingerprint density at radius 1 is 0.339 bits per heavy atom. The van der Waals surface area contributed by atoms with Crippen molar-refractivity contribution in [2.45, 2.75) is 12.8 Å². The maximum absolute atomic E-state index is 2.43. The lowest BCUT2D eigenvalue weighted by Crippen LogP contribution is -2.10. The van der Waals surface area contributed by atoms with Crippen LogP contribution in [-0.2, 0) is 0 Å². The van der Waals surface area contributed by atoms with Crippen LogP contribution in [0.5, 0.6) is 0 Å². The average Bonchev–Trinajstić information content (AvgIpc) is 3.62. The van der Waals surface area contributed by atoms with Gasteiger partial charge in [-0.15, -0.1) is 0 Å². The molecule has 0 unspecified atom stereocenters. The van der Waals surface area contributed by atoms with E-state index in [-0.39, 0.29) is 0 Å². The van der Waals surface area contributed by atoms with E-state index >= 15 is 0 Å². The highest BCUT2D eigenvalue weighted by molar-refractivity contribution is 6.10. The molecular formula is C54H40N2. The number of rotatable bonds is 8. The van der Waals surface area contributed by atoms with Crippen LogP contribution in [0.25, 0.3) is 66.5 Å². The monoisotopic (exact) mass is 716 g/mol. The van der Waals surface area contributed by atoms with Crippen molar-refractivity contribution in [2.24, 2.45) is 0 Å². The number of hydrogen-bond acceptors (Lipinski definition) is 1. The molecule has 0 bridgehead atoms. The van der Waals surface area contributed by atoms with Crippen molar-refractivity contribution in [1.29, 1.82) is 0 Å². The van der Waals surface area contributed by atoms with E-state index in [1.54, 1.807) is 0 Å². The second-order valence-corrected chi connectivity index (χ2v) is 14.5. The van der Waals surface area contributed by atoms with E-state index in [1.165, 1.54) is 72.0 Å². The molecule has 56 heavy (non-hydrogen) atoms. The number of fused-ring (bicyclic) bond motifs is 3. The number of para-hydroxylation sites is 2. The topological polar surface area (TPSA) is 8.17 Å². The predicted octanol–water partition coefficient (Wildman–Crippen LogP) is 15.0. The van der Waals surface area contributed by atoms with Gasteiger partial charge in [0, 0.05) is 33.5 Å². The van der Waals surface area contributed by atoms with E-state index < -0.39 is 0 Å². The normalized spacial score (nSPS) is 12.7. The summed E-state index contributed by atoms with van der Waals surface area (Å²) in [6, 6.07) is 74.5. The second-order valence-electron chi connectivity index (χ2n) is 14.5. The lowest BCUT2D eigenvalue weighted by molar-refractivity contribution is 1.04. The van der Waals surface area contributed by atoms with Crippen LogP contribution in [-0.4, -0.2) is 4.57 Å². The minimum atomic E-state index is 1.00. The minimum Gasteiger partial charge on any atom is -0.311 e. The minimum absolute atomic E-state index is 1.00. The fourth-order valence-corrected chi connectivity index (χ4v) is 8.26. The highest BCUT2D eigenvalue weighted by Gasteiger charge is 2.17. The van der Waals surface area contributed by atoms with Gasteiger partial charge in [0.25, 0.3) is 0 Å². The molecule has 0 amide bonds. The van der Waals surface area contributed by atoms with Crippen LogP contribution in [0.3, 0.4) is 0 Å². The molecule has 0 saturated heterocycles. The fraction of sp³-hybridized carbons (Fsp3) is 0.0370. The molecule has 0 N–H and O–H groups in total. The van der Waals surface area contributed by atoms with Crippen LogP contribution in [0.2, 0.25) is 0 Å². The maximum atomic E-state index is 2.43. The van der Waals surface area contributed by atoms with E-state index in [1.807, 2.05) is 0 Å². The Balaban J connectivity index is 0.983. The molecule has 0 fully saturated rings. The molecule has 0 spiro atoms. The van der Waals surface area contributed by atoms with Crippen molar-refractivity contribution in [3.63, 3.8) is 0 Å². The molecule has 0 radical (unpaired) electrons. The van der Waals surface area contributed by atoms with Gasteiger partial charge in [-0.25, -0.2) is 0 Å². The zero-order valence-electron chi connectivity index (χ0n) is 31.1. The molecule has 0 aliphatic heterocycles. The van der Waals surface area contributed by atoms with Gasteiger partial charge in [-0.3, -0.25) is 0 Å². The second kappa shape index (κ2) is 14.6. The summed E-state index contributed by atoms with van der Waals surface area (Å²) in [7, 11) is 0. The largest absolute Gasteiger partial charge is 0.311 e. The summed E-state index contributed by atoms with van der Waals surface area (Å²) in [6.07, 6.45) is 6.80. The van der Waals surface area contributed by atoms with Crippen molar-refractivity contribution in [2.75, 3.05) is 4.90 Å². The lowest BCUT2D eigenvalue weighted by Gasteiger charge is -2.26. The Hall–Kier alpha value is -7.16. The van der Waals surface area contributed by atoms with Crippen molar-refractivity contribution in [3.05, 3.63) is 224 Å². The highest BCUT2D eigenvalue weighted by Crippen LogP contribution is 2.40. The summed E-state index contributed by atoms with van der Waals surface area (Å²) >= 11 is 0. The highest BCUT2D eigenvalue weighted by atomic mass is 15.1. The molecule has 9 aromatic rings. The Morgan fingerprint density at radius 3 is 1.14 bits per heavy atom. The van der Waals surface area contributed by atoms with Crippen LogP contribution >= 0.6 is 0 Å². The predicted molar refractivity (Wildman–Crippen MR) is 238 cm³/mol. The van der Waals surface area contributed by atoms with Gasteiger partial charge < -0.3 is 9.47 Å². The first-order valence-electron chi connectivity index (χ1n) is 19.5. The molecule has 1 heterocycles. The summed E-state index contributed by atoms with van der Waals surface area (Å²) in [5.74, 6) is 0. The standard InChI is InChI=1S/C54H40N2/c1-3-12-39(13-4-1)41-22-24-42(25-23-41)44-28-34-48(35-29-44)55(47-32-26-43(27-33-47)40-14-5-2-6-15-40)49-36-30-45(31-37-49)46-16-11-17-50(38-46)56-53-20-9-7-18-51(53)52-19-8-10-21-54(52)56/h1-10,12-15,17-38H,11,16H2. The third-order valence-electron chi connectivity index (χ3n) is 11.1. The summed E-state index contributed by atoms with van der Waals surface area (Å²) in [5.41, 5.74) is 17.0. The molecular weight excluding hydrogens is 677 g/mol. The van der Waals surface area contributed by atoms with Crippen molar-refractivity contribution >= 4 is 50.1 Å². The van der Waals surface area contributed by atoms with Gasteiger partial charge in [0.2, 0.25) is 0 Å². The summed E-state index contributed by atoms with van der Waals surface area (Å²) < 4.78 is 2.43. The van der Waals surface area contributed by atoms with Gasteiger partial charge in [-0.2, -0.15) is 0 Å². The van der Waals surface area contributed by atoms with E-state index in [4.69, 9.17) is 0 Å². The van der Waals surface area contributed by atoms with Crippen LogP contribution in [0.4, 0.5) is 17.1 Å². The lowest BCUT2D eigenvalue weighted by atomic mass is 9.95. The molecule has 266 valence electrons. The first kappa shape index (κ1) is 33.4. The number of aromatic nitrogens is 1. The van der Waals surface area contributed by atoms with E-state index in [2.05, 4.69) is 228 Å². The average molecular weight is 717 g/mol. The number of anilines is 3. The third kappa shape index (κ3) is 6.32. The van der Waals surface area contributed by atoms with Gasteiger partial charge in [-0.05, 0) is 112 Å². The van der Waals surface area contributed by atoms with Crippen LogP contribution in [0.1, 0.15) is 18.4 Å². The quantitative estimate of drug-likeness (QED) is 0.152. The zero-order valence-corrected chi connectivity index (χ0v) is 31.1. The smallest absolute Gasteiger partial charge is 0.0540 e. The SMILES string of the molecule is C1=C(c2ccc(N(c3ccc(-c4ccccc4)cc3)c3ccc(-c4ccc(-c5ccccc5)cc4)cc3)cc2)CCC=C1n1c2ccccc2c2ccccc21. The number of benzene rings is 8. The van der Waals surface area contributed by atoms with Gasteiger partial charge in [0.15, 0.2) is 0 Å². The molecule has 1 aliphatic rings. The number of hydrogen-bond donors (Lipinski definition) is 0. The van der Waals surface area contributed by atoms with Crippen LogP contribution < -0.4 is 4.90 Å².